The molecule has 1 fully saturated rings. The summed E-state index contributed by atoms with van der Waals surface area (Å²) in [7, 11) is 0. The standard InChI is InChI=1S/C14H19N3OS/c15-13(19)6-8-17(14(18)12-4-1-5-12)10-11-3-2-7-16-9-11/h2-3,7,9,12H,1,4-6,8,10H2,(H2,15,19). The molecule has 1 saturated carbocycles. The molecule has 0 aliphatic heterocycles. The second kappa shape index (κ2) is 6.61. The van der Waals surface area contributed by atoms with Gasteiger partial charge in [0.15, 0.2) is 0 Å². The molecule has 0 unspecified atom stereocenters. The molecule has 0 aromatic carbocycles. The van der Waals surface area contributed by atoms with Crippen LogP contribution in [0.3, 0.4) is 0 Å². The Morgan fingerprint density at radius 2 is 2.32 bits per heavy atom. The molecular weight excluding hydrogens is 258 g/mol. The van der Waals surface area contributed by atoms with Crippen LogP contribution in [0.5, 0.6) is 0 Å². The first-order valence-corrected chi connectivity index (χ1v) is 7.03. The summed E-state index contributed by atoms with van der Waals surface area (Å²) < 4.78 is 0. The van der Waals surface area contributed by atoms with Crippen LogP contribution >= 0.6 is 12.2 Å². The Balaban J connectivity index is 2.00. The lowest BCUT2D eigenvalue weighted by atomic mass is 9.84. The highest BCUT2D eigenvalue weighted by atomic mass is 32.1. The molecule has 4 nitrogen and oxygen atoms in total. The van der Waals surface area contributed by atoms with Crippen LogP contribution in [0.2, 0.25) is 0 Å². The van der Waals surface area contributed by atoms with Crippen molar-refractivity contribution < 1.29 is 4.79 Å². The van der Waals surface area contributed by atoms with Gasteiger partial charge in [-0.25, -0.2) is 0 Å². The van der Waals surface area contributed by atoms with E-state index in [-0.39, 0.29) is 11.8 Å². The highest BCUT2D eigenvalue weighted by Crippen LogP contribution is 2.28. The number of hydrogen-bond acceptors (Lipinski definition) is 3. The molecule has 2 rings (SSSR count). The first-order chi connectivity index (χ1) is 9.16. The van der Waals surface area contributed by atoms with Crippen molar-refractivity contribution in [2.45, 2.75) is 32.2 Å². The average Bonchev–Trinajstić information content (AvgIpc) is 2.33. The van der Waals surface area contributed by atoms with Gasteiger partial charge in [0, 0.05) is 37.8 Å². The minimum Gasteiger partial charge on any atom is -0.393 e. The third-order valence-electron chi connectivity index (χ3n) is 3.49. The van der Waals surface area contributed by atoms with E-state index in [1.807, 2.05) is 17.0 Å². The first kappa shape index (κ1) is 13.9. The number of carbonyl (C=O) groups excluding carboxylic acids is 1. The first-order valence-electron chi connectivity index (χ1n) is 6.63. The summed E-state index contributed by atoms with van der Waals surface area (Å²) in [6.45, 7) is 1.19. The lowest BCUT2D eigenvalue weighted by Gasteiger charge is -2.31. The zero-order valence-corrected chi connectivity index (χ0v) is 11.7. The second-order valence-electron chi connectivity index (χ2n) is 4.97. The summed E-state index contributed by atoms with van der Waals surface area (Å²) in [4.78, 5) is 18.8. The minimum atomic E-state index is 0.197. The van der Waals surface area contributed by atoms with Crippen LogP contribution in [0, 0.1) is 5.92 Å². The number of aromatic nitrogens is 1. The molecule has 2 N–H and O–H groups in total. The summed E-state index contributed by atoms with van der Waals surface area (Å²) in [6, 6.07) is 3.86. The van der Waals surface area contributed by atoms with Gasteiger partial charge in [0.05, 0.1) is 4.99 Å². The normalized spacial score (nSPS) is 14.7. The maximum Gasteiger partial charge on any atom is 0.225 e. The predicted molar refractivity (Wildman–Crippen MR) is 78.4 cm³/mol. The summed E-state index contributed by atoms with van der Waals surface area (Å²) in [6.07, 6.45) is 7.28. The van der Waals surface area contributed by atoms with Crippen molar-refractivity contribution in [3.05, 3.63) is 30.1 Å². The van der Waals surface area contributed by atoms with E-state index in [4.69, 9.17) is 18.0 Å². The molecule has 19 heavy (non-hydrogen) atoms. The number of carbonyl (C=O) groups is 1. The maximum atomic E-state index is 12.4. The van der Waals surface area contributed by atoms with E-state index in [1.54, 1.807) is 12.4 Å². The Hall–Kier alpha value is -1.49. The molecule has 1 aliphatic rings. The summed E-state index contributed by atoms with van der Waals surface area (Å²) >= 11 is 4.90. The SMILES string of the molecule is NC(=S)CCN(Cc1cccnc1)C(=O)C1CCC1. The van der Waals surface area contributed by atoms with Gasteiger partial charge in [-0.2, -0.15) is 0 Å². The second-order valence-corrected chi connectivity index (χ2v) is 5.49. The Labute approximate surface area is 119 Å². The Bertz CT molecular complexity index is 445. The van der Waals surface area contributed by atoms with E-state index in [9.17, 15) is 4.79 Å². The number of nitrogens with two attached hydrogens (primary N) is 1. The third-order valence-corrected chi connectivity index (χ3v) is 3.69. The number of pyridine rings is 1. The largest absolute Gasteiger partial charge is 0.393 e. The highest BCUT2D eigenvalue weighted by molar-refractivity contribution is 7.80. The molecule has 1 heterocycles. The molecule has 0 spiro atoms. The highest BCUT2D eigenvalue weighted by Gasteiger charge is 2.29. The van der Waals surface area contributed by atoms with Crippen molar-refractivity contribution in [1.29, 1.82) is 0 Å². The van der Waals surface area contributed by atoms with Crippen molar-refractivity contribution in [3.8, 4) is 0 Å². The van der Waals surface area contributed by atoms with Gasteiger partial charge in [0.25, 0.3) is 0 Å². The van der Waals surface area contributed by atoms with Crippen molar-refractivity contribution >= 4 is 23.1 Å². The topological polar surface area (TPSA) is 59.2 Å². The number of hydrogen-bond donors (Lipinski definition) is 1. The van der Waals surface area contributed by atoms with Crippen LogP contribution in [0.15, 0.2) is 24.5 Å². The van der Waals surface area contributed by atoms with E-state index < -0.39 is 0 Å². The fourth-order valence-corrected chi connectivity index (χ4v) is 2.23. The van der Waals surface area contributed by atoms with Gasteiger partial charge < -0.3 is 10.6 Å². The molecule has 102 valence electrons. The Morgan fingerprint density at radius 3 is 2.84 bits per heavy atom. The van der Waals surface area contributed by atoms with Crippen molar-refractivity contribution in [1.82, 2.24) is 9.88 Å². The van der Waals surface area contributed by atoms with E-state index in [2.05, 4.69) is 4.98 Å². The average molecular weight is 277 g/mol. The molecule has 0 bridgehead atoms. The third kappa shape index (κ3) is 3.99. The summed E-state index contributed by atoms with van der Waals surface area (Å²) in [5, 5.41) is 0. The van der Waals surface area contributed by atoms with Gasteiger partial charge in [-0.05, 0) is 24.5 Å². The zero-order valence-electron chi connectivity index (χ0n) is 10.9. The molecule has 1 amide bonds. The summed E-state index contributed by atoms with van der Waals surface area (Å²) in [5.41, 5.74) is 6.58. The van der Waals surface area contributed by atoms with Crippen molar-refractivity contribution in [2.75, 3.05) is 6.54 Å². The van der Waals surface area contributed by atoms with Gasteiger partial charge >= 0.3 is 0 Å². The Morgan fingerprint density at radius 1 is 1.53 bits per heavy atom. The van der Waals surface area contributed by atoms with Crippen molar-refractivity contribution in [2.24, 2.45) is 11.7 Å². The molecular formula is C14H19N3OS. The smallest absolute Gasteiger partial charge is 0.225 e. The predicted octanol–water partition coefficient (Wildman–Crippen LogP) is 1.89. The number of rotatable bonds is 6. The molecule has 0 saturated heterocycles. The quantitative estimate of drug-likeness (QED) is 0.807. The number of nitrogens with zero attached hydrogens (tertiary/aromatic N) is 2. The van der Waals surface area contributed by atoms with Gasteiger partial charge in [-0.15, -0.1) is 0 Å². The lowest BCUT2D eigenvalue weighted by Crippen LogP contribution is -2.40. The van der Waals surface area contributed by atoms with Crippen LogP contribution in [0.25, 0.3) is 0 Å². The Kier molecular flexibility index (Phi) is 4.85. The fraction of sp³-hybridized carbons (Fsp3) is 0.500. The van der Waals surface area contributed by atoms with Gasteiger partial charge in [-0.1, -0.05) is 24.7 Å². The van der Waals surface area contributed by atoms with E-state index in [1.165, 1.54) is 0 Å². The monoisotopic (exact) mass is 277 g/mol. The summed E-state index contributed by atoms with van der Waals surface area (Å²) in [5.74, 6) is 0.425. The van der Waals surface area contributed by atoms with Crippen LogP contribution < -0.4 is 5.73 Å². The van der Waals surface area contributed by atoms with Gasteiger partial charge in [0.1, 0.15) is 0 Å². The lowest BCUT2D eigenvalue weighted by molar-refractivity contribution is -0.138. The van der Waals surface area contributed by atoms with E-state index >= 15 is 0 Å². The molecule has 1 aliphatic carbocycles. The maximum absolute atomic E-state index is 12.4. The minimum absolute atomic E-state index is 0.197. The van der Waals surface area contributed by atoms with Crippen LogP contribution in [0.4, 0.5) is 0 Å². The van der Waals surface area contributed by atoms with Crippen molar-refractivity contribution in [3.63, 3.8) is 0 Å². The molecule has 5 heteroatoms. The molecule has 1 aromatic heterocycles. The van der Waals surface area contributed by atoms with Gasteiger partial charge in [-0.3, -0.25) is 9.78 Å². The zero-order chi connectivity index (χ0) is 13.7. The molecule has 0 radical (unpaired) electrons. The fourth-order valence-electron chi connectivity index (χ4n) is 2.14. The number of thiocarbonyl (C=S) groups is 1. The van der Waals surface area contributed by atoms with E-state index in [0.717, 1.165) is 24.8 Å². The van der Waals surface area contributed by atoms with E-state index in [0.29, 0.717) is 24.5 Å². The number of amides is 1. The molecule has 0 atom stereocenters. The van der Waals surface area contributed by atoms with Gasteiger partial charge in [0.2, 0.25) is 5.91 Å². The van der Waals surface area contributed by atoms with Crippen LogP contribution in [-0.2, 0) is 11.3 Å². The molecule has 1 aromatic rings. The van der Waals surface area contributed by atoms with Crippen LogP contribution in [0.1, 0.15) is 31.2 Å². The van der Waals surface area contributed by atoms with Crippen LogP contribution in [-0.4, -0.2) is 27.3 Å².